The molecule has 0 fully saturated rings. The molecular formula is C13H15NO3. The molecule has 0 aliphatic rings. The number of carbonyl (C=O) groups is 1. The predicted octanol–water partition coefficient (Wildman–Crippen LogP) is 2.53. The monoisotopic (exact) mass is 233 g/mol. The van der Waals surface area contributed by atoms with Crippen molar-refractivity contribution < 1.29 is 14.6 Å². The van der Waals surface area contributed by atoms with Gasteiger partial charge in [-0.1, -0.05) is 13.8 Å². The third kappa shape index (κ3) is 2.41. The van der Waals surface area contributed by atoms with E-state index in [-0.39, 0.29) is 6.61 Å². The molecule has 4 nitrogen and oxygen atoms in total. The highest BCUT2D eigenvalue weighted by Gasteiger charge is 2.08. The van der Waals surface area contributed by atoms with Gasteiger partial charge in [0.15, 0.2) is 6.61 Å². The molecule has 2 heterocycles. The largest absolute Gasteiger partial charge is 0.480 e. The first-order chi connectivity index (χ1) is 8.08. The minimum absolute atomic E-state index is 0.318. The number of aliphatic carboxylic acids is 1. The van der Waals surface area contributed by atoms with Crippen molar-refractivity contribution in [1.82, 2.24) is 4.40 Å². The molecule has 0 bridgehead atoms. The van der Waals surface area contributed by atoms with E-state index in [9.17, 15) is 4.79 Å². The highest BCUT2D eigenvalue weighted by molar-refractivity contribution is 5.70. The molecule has 0 aromatic carbocycles. The van der Waals surface area contributed by atoms with Gasteiger partial charge in [0.25, 0.3) is 0 Å². The summed E-state index contributed by atoms with van der Waals surface area (Å²) in [6.07, 6.45) is 3.96. The molecule has 0 saturated carbocycles. The Morgan fingerprint density at radius 3 is 2.94 bits per heavy atom. The number of carboxylic acid groups (broad SMARTS) is 1. The highest BCUT2D eigenvalue weighted by Crippen LogP contribution is 2.25. The van der Waals surface area contributed by atoms with E-state index in [0.717, 1.165) is 5.52 Å². The molecule has 0 aliphatic heterocycles. The minimum atomic E-state index is -0.970. The van der Waals surface area contributed by atoms with Gasteiger partial charge in [-0.2, -0.15) is 0 Å². The Hall–Kier alpha value is -1.97. The standard InChI is InChI=1S/C13H15NO3/c1-9(2)10-6-11-12(17-8-13(15)16)4-3-5-14(11)7-10/h3-7,9H,8H2,1-2H3,(H,15,16). The third-order valence-electron chi connectivity index (χ3n) is 2.63. The van der Waals surface area contributed by atoms with Gasteiger partial charge in [-0.25, -0.2) is 4.79 Å². The molecular weight excluding hydrogens is 218 g/mol. The summed E-state index contributed by atoms with van der Waals surface area (Å²) in [5.74, 6) is 0.0617. The molecule has 0 radical (unpaired) electrons. The Balaban J connectivity index is 2.38. The van der Waals surface area contributed by atoms with Crippen LogP contribution in [0.1, 0.15) is 25.3 Å². The van der Waals surface area contributed by atoms with Crippen LogP contribution in [0.5, 0.6) is 5.75 Å². The normalized spacial score (nSPS) is 11.0. The molecule has 2 aromatic heterocycles. The van der Waals surface area contributed by atoms with Crippen molar-refractivity contribution in [3.63, 3.8) is 0 Å². The molecule has 1 N–H and O–H groups in total. The number of carboxylic acids is 1. The molecule has 0 aliphatic carbocycles. The van der Waals surface area contributed by atoms with Crippen LogP contribution in [0.25, 0.3) is 5.52 Å². The third-order valence-corrected chi connectivity index (χ3v) is 2.63. The summed E-state index contributed by atoms with van der Waals surface area (Å²) in [6, 6.07) is 5.65. The fourth-order valence-corrected chi connectivity index (χ4v) is 1.71. The molecule has 2 aromatic rings. The van der Waals surface area contributed by atoms with Crippen LogP contribution in [-0.2, 0) is 4.79 Å². The molecule has 4 heteroatoms. The molecule has 0 amide bonds. The van der Waals surface area contributed by atoms with Gasteiger partial charge in [-0.3, -0.25) is 0 Å². The van der Waals surface area contributed by atoms with E-state index >= 15 is 0 Å². The molecule has 0 atom stereocenters. The van der Waals surface area contributed by atoms with Gasteiger partial charge >= 0.3 is 5.97 Å². The second-order valence-electron chi connectivity index (χ2n) is 4.28. The van der Waals surface area contributed by atoms with Crippen molar-refractivity contribution in [2.45, 2.75) is 19.8 Å². The summed E-state index contributed by atoms with van der Waals surface area (Å²) < 4.78 is 7.20. The van der Waals surface area contributed by atoms with Gasteiger partial charge in [0.1, 0.15) is 5.75 Å². The number of rotatable bonds is 4. The van der Waals surface area contributed by atoms with Crippen LogP contribution in [0.3, 0.4) is 0 Å². The topological polar surface area (TPSA) is 50.9 Å². The first kappa shape index (κ1) is 11.5. The number of ether oxygens (including phenoxy) is 1. The number of aromatic nitrogens is 1. The Morgan fingerprint density at radius 1 is 1.53 bits per heavy atom. The van der Waals surface area contributed by atoms with Crippen molar-refractivity contribution in [3.8, 4) is 5.75 Å². The number of fused-ring (bicyclic) bond motifs is 1. The smallest absolute Gasteiger partial charge is 0.341 e. The zero-order chi connectivity index (χ0) is 12.4. The lowest BCUT2D eigenvalue weighted by Crippen LogP contribution is -2.09. The number of nitrogens with zero attached hydrogens (tertiary/aromatic N) is 1. The predicted molar refractivity (Wildman–Crippen MR) is 64.6 cm³/mol. The zero-order valence-electron chi connectivity index (χ0n) is 9.88. The van der Waals surface area contributed by atoms with Gasteiger partial charge in [0.2, 0.25) is 0 Å². The second-order valence-corrected chi connectivity index (χ2v) is 4.28. The van der Waals surface area contributed by atoms with E-state index in [1.165, 1.54) is 5.56 Å². The minimum Gasteiger partial charge on any atom is -0.480 e. The summed E-state index contributed by atoms with van der Waals surface area (Å²) in [5, 5.41) is 8.61. The Kier molecular flexibility index (Phi) is 3.04. The SMILES string of the molecule is CC(C)c1cc2c(OCC(=O)O)cccn2c1. The van der Waals surface area contributed by atoms with Crippen LogP contribution >= 0.6 is 0 Å². The second kappa shape index (κ2) is 4.49. The summed E-state index contributed by atoms with van der Waals surface area (Å²) in [5.41, 5.74) is 2.11. The van der Waals surface area contributed by atoms with E-state index in [1.54, 1.807) is 6.07 Å². The number of hydrogen-bond donors (Lipinski definition) is 1. The fraction of sp³-hybridized carbons (Fsp3) is 0.308. The van der Waals surface area contributed by atoms with E-state index in [1.807, 2.05) is 28.9 Å². The van der Waals surface area contributed by atoms with Crippen molar-refractivity contribution in [3.05, 3.63) is 36.2 Å². The fourth-order valence-electron chi connectivity index (χ4n) is 1.71. The number of pyridine rings is 1. The quantitative estimate of drug-likeness (QED) is 0.882. The maximum Gasteiger partial charge on any atom is 0.341 e. The lowest BCUT2D eigenvalue weighted by Gasteiger charge is -2.04. The van der Waals surface area contributed by atoms with Gasteiger partial charge in [0.05, 0.1) is 5.52 Å². The zero-order valence-corrected chi connectivity index (χ0v) is 9.88. The average Bonchev–Trinajstić information content (AvgIpc) is 2.70. The summed E-state index contributed by atoms with van der Waals surface area (Å²) in [7, 11) is 0. The van der Waals surface area contributed by atoms with Crippen LogP contribution in [0.4, 0.5) is 0 Å². The van der Waals surface area contributed by atoms with Crippen LogP contribution in [0.15, 0.2) is 30.6 Å². The summed E-state index contributed by atoms with van der Waals surface area (Å²) in [6.45, 7) is 3.92. The lowest BCUT2D eigenvalue weighted by atomic mass is 10.1. The van der Waals surface area contributed by atoms with E-state index in [0.29, 0.717) is 11.7 Å². The van der Waals surface area contributed by atoms with Crippen molar-refractivity contribution in [2.24, 2.45) is 0 Å². The van der Waals surface area contributed by atoms with Crippen LogP contribution in [-0.4, -0.2) is 22.1 Å². The lowest BCUT2D eigenvalue weighted by molar-refractivity contribution is -0.139. The Bertz CT molecular complexity index is 543. The maximum absolute atomic E-state index is 10.5. The van der Waals surface area contributed by atoms with Gasteiger partial charge < -0.3 is 14.2 Å². The van der Waals surface area contributed by atoms with E-state index < -0.39 is 5.97 Å². The molecule has 0 saturated heterocycles. The van der Waals surface area contributed by atoms with Crippen LogP contribution in [0.2, 0.25) is 0 Å². The molecule has 17 heavy (non-hydrogen) atoms. The Morgan fingerprint density at radius 2 is 2.29 bits per heavy atom. The van der Waals surface area contributed by atoms with Crippen molar-refractivity contribution >= 4 is 11.5 Å². The van der Waals surface area contributed by atoms with Crippen LogP contribution < -0.4 is 4.74 Å². The molecule has 2 rings (SSSR count). The van der Waals surface area contributed by atoms with Gasteiger partial charge in [-0.15, -0.1) is 0 Å². The van der Waals surface area contributed by atoms with E-state index in [2.05, 4.69) is 13.8 Å². The van der Waals surface area contributed by atoms with Crippen LogP contribution in [0, 0.1) is 0 Å². The summed E-state index contributed by atoms with van der Waals surface area (Å²) >= 11 is 0. The average molecular weight is 233 g/mol. The number of hydrogen-bond acceptors (Lipinski definition) is 2. The Labute approximate surface area is 99.4 Å². The van der Waals surface area contributed by atoms with Crippen molar-refractivity contribution in [2.75, 3.05) is 6.61 Å². The summed E-state index contributed by atoms with van der Waals surface area (Å²) in [4.78, 5) is 10.5. The molecule has 0 unspecified atom stereocenters. The van der Waals surface area contributed by atoms with Crippen molar-refractivity contribution in [1.29, 1.82) is 0 Å². The first-order valence-electron chi connectivity index (χ1n) is 5.53. The molecule has 0 spiro atoms. The maximum atomic E-state index is 10.5. The molecule has 90 valence electrons. The first-order valence-corrected chi connectivity index (χ1v) is 5.53. The highest BCUT2D eigenvalue weighted by atomic mass is 16.5. The van der Waals surface area contributed by atoms with Gasteiger partial charge in [0, 0.05) is 12.4 Å². The van der Waals surface area contributed by atoms with Gasteiger partial charge in [-0.05, 0) is 29.7 Å². The van der Waals surface area contributed by atoms with E-state index in [4.69, 9.17) is 9.84 Å².